The lowest BCUT2D eigenvalue weighted by atomic mass is 10.1. The number of anilines is 1. The van der Waals surface area contributed by atoms with E-state index in [1.54, 1.807) is 0 Å². The number of rotatable bonds is 5. The summed E-state index contributed by atoms with van der Waals surface area (Å²) >= 11 is 0. The average molecular weight is 452 g/mol. The molecule has 0 fully saturated rings. The van der Waals surface area contributed by atoms with Crippen LogP contribution in [-0.4, -0.2) is 31.3 Å². The Bertz CT molecular complexity index is 1230. The summed E-state index contributed by atoms with van der Waals surface area (Å²) in [5, 5.41) is 14.9. The second kappa shape index (κ2) is 8.09. The second-order valence-electron chi connectivity index (χ2n) is 6.81. The molecular formula is C20H14F6N6. The van der Waals surface area contributed by atoms with Crippen molar-refractivity contribution in [3.8, 4) is 11.3 Å². The number of alkyl halides is 6. The minimum Gasteiger partial charge on any atom is -0.352 e. The number of fused-ring (bicyclic) bond motifs is 1. The maximum absolute atomic E-state index is 13.3. The number of nitrogens with zero attached hydrogens (tertiary/aromatic N) is 5. The molecule has 0 aliphatic rings. The summed E-state index contributed by atoms with van der Waals surface area (Å²) in [6.45, 7) is 0.327. The normalized spacial score (nSPS) is 12.3. The number of aromatic nitrogens is 5. The average Bonchev–Trinajstić information content (AvgIpc) is 3.15. The third-order valence-corrected chi connectivity index (χ3v) is 4.63. The summed E-state index contributed by atoms with van der Waals surface area (Å²) in [6.07, 6.45) is -6.07. The van der Waals surface area contributed by atoms with Gasteiger partial charge in [0.1, 0.15) is 0 Å². The SMILES string of the molecule is FC(F)(F)c1ccc(CCNc2nnc3cc(-c4ncccc4C(F)(F)F)cnn23)cc1. The summed E-state index contributed by atoms with van der Waals surface area (Å²) in [7, 11) is 0. The van der Waals surface area contributed by atoms with Crippen molar-refractivity contribution >= 4 is 11.6 Å². The molecule has 32 heavy (non-hydrogen) atoms. The Morgan fingerprint density at radius 1 is 0.906 bits per heavy atom. The van der Waals surface area contributed by atoms with Gasteiger partial charge in [-0.1, -0.05) is 12.1 Å². The van der Waals surface area contributed by atoms with Crippen LogP contribution in [0.5, 0.6) is 0 Å². The number of pyridine rings is 1. The van der Waals surface area contributed by atoms with Gasteiger partial charge in [-0.25, -0.2) is 0 Å². The first kappa shape index (κ1) is 21.5. The van der Waals surface area contributed by atoms with Crippen LogP contribution in [0.25, 0.3) is 16.9 Å². The van der Waals surface area contributed by atoms with Gasteiger partial charge in [0.15, 0.2) is 5.65 Å². The lowest BCUT2D eigenvalue weighted by Crippen LogP contribution is -2.10. The van der Waals surface area contributed by atoms with Gasteiger partial charge >= 0.3 is 12.4 Å². The molecule has 4 aromatic rings. The Morgan fingerprint density at radius 3 is 2.34 bits per heavy atom. The van der Waals surface area contributed by atoms with Crippen molar-refractivity contribution in [3.05, 3.63) is 71.5 Å². The summed E-state index contributed by atoms with van der Waals surface area (Å²) in [5.74, 6) is 0.246. The van der Waals surface area contributed by atoms with E-state index < -0.39 is 23.5 Å². The van der Waals surface area contributed by atoms with E-state index in [1.165, 1.54) is 41.2 Å². The summed E-state index contributed by atoms with van der Waals surface area (Å²) in [6, 6.07) is 8.33. The molecule has 0 saturated carbocycles. The molecule has 12 heteroatoms. The first-order chi connectivity index (χ1) is 15.1. The van der Waals surface area contributed by atoms with E-state index in [2.05, 4.69) is 25.6 Å². The standard InChI is InChI=1S/C20H14F6N6/c21-19(22,23)14-5-3-12(4-6-14)7-9-28-18-31-30-16-10-13(11-29-32(16)18)17-15(20(24,25)26)2-1-8-27-17/h1-6,8,10-11H,7,9H2,(H,28,31). The van der Waals surface area contributed by atoms with Crippen molar-refractivity contribution in [2.24, 2.45) is 0 Å². The summed E-state index contributed by atoms with van der Waals surface area (Å²) < 4.78 is 78.9. The fourth-order valence-electron chi connectivity index (χ4n) is 3.07. The van der Waals surface area contributed by atoms with Crippen molar-refractivity contribution in [2.45, 2.75) is 18.8 Å². The molecule has 6 nitrogen and oxygen atoms in total. The van der Waals surface area contributed by atoms with Crippen LogP contribution in [0.3, 0.4) is 0 Å². The number of hydrogen-bond acceptors (Lipinski definition) is 5. The fraction of sp³-hybridized carbons (Fsp3) is 0.200. The molecule has 1 aromatic carbocycles. The zero-order chi connectivity index (χ0) is 22.9. The van der Waals surface area contributed by atoms with Crippen LogP contribution in [0.1, 0.15) is 16.7 Å². The van der Waals surface area contributed by atoms with Gasteiger partial charge in [0.25, 0.3) is 0 Å². The van der Waals surface area contributed by atoms with Gasteiger partial charge < -0.3 is 5.32 Å². The third-order valence-electron chi connectivity index (χ3n) is 4.63. The lowest BCUT2D eigenvalue weighted by Gasteiger charge is -2.11. The highest BCUT2D eigenvalue weighted by molar-refractivity contribution is 5.66. The highest BCUT2D eigenvalue weighted by Crippen LogP contribution is 2.35. The summed E-state index contributed by atoms with van der Waals surface area (Å²) in [5.41, 5.74) is -0.855. The van der Waals surface area contributed by atoms with Gasteiger partial charge in [-0.2, -0.15) is 36.0 Å². The predicted molar refractivity (Wildman–Crippen MR) is 103 cm³/mol. The minimum absolute atomic E-state index is 0.133. The molecule has 166 valence electrons. The smallest absolute Gasteiger partial charge is 0.352 e. The quantitative estimate of drug-likeness (QED) is 0.438. The fourth-order valence-corrected chi connectivity index (χ4v) is 3.07. The Balaban J connectivity index is 1.48. The number of hydrogen-bond donors (Lipinski definition) is 1. The molecular weight excluding hydrogens is 438 g/mol. The maximum Gasteiger partial charge on any atom is 0.418 e. The minimum atomic E-state index is -4.57. The molecule has 3 heterocycles. The van der Waals surface area contributed by atoms with Gasteiger partial charge in [0.2, 0.25) is 5.95 Å². The van der Waals surface area contributed by atoms with Crippen molar-refractivity contribution in [1.29, 1.82) is 0 Å². The van der Waals surface area contributed by atoms with Crippen LogP contribution in [0.4, 0.5) is 32.3 Å². The molecule has 0 amide bonds. The van der Waals surface area contributed by atoms with Crippen LogP contribution in [-0.2, 0) is 18.8 Å². The molecule has 0 spiro atoms. The largest absolute Gasteiger partial charge is 0.418 e. The van der Waals surface area contributed by atoms with E-state index in [0.717, 1.165) is 18.2 Å². The van der Waals surface area contributed by atoms with Crippen LogP contribution in [0, 0.1) is 0 Å². The molecule has 0 atom stereocenters. The van der Waals surface area contributed by atoms with Crippen molar-refractivity contribution in [1.82, 2.24) is 24.8 Å². The first-order valence-electron chi connectivity index (χ1n) is 9.27. The molecule has 0 unspecified atom stereocenters. The van der Waals surface area contributed by atoms with E-state index in [4.69, 9.17) is 0 Å². The van der Waals surface area contributed by atoms with E-state index in [-0.39, 0.29) is 22.9 Å². The molecule has 4 rings (SSSR count). The third kappa shape index (κ3) is 4.48. The number of benzene rings is 1. The van der Waals surface area contributed by atoms with Crippen LogP contribution < -0.4 is 5.32 Å². The van der Waals surface area contributed by atoms with E-state index in [9.17, 15) is 26.3 Å². The zero-order valence-corrected chi connectivity index (χ0v) is 16.1. The highest BCUT2D eigenvalue weighted by atomic mass is 19.4. The van der Waals surface area contributed by atoms with E-state index in [0.29, 0.717) is 18.5 Å². The van der Waals surface area contributed by atoms with E-state index in [1.807, 2.05) is 0 Å². The van der Waals surface area contributed by atoms with Crippen LogP contribution >= 0.6 is 0 Å². The Kier molecular flexibility index (Phi) is 5.45. The van der Waals surface area contributed by atoms with Crippen molar-refractivity contribution in [3.63, 3.8) is 0 Å². The van der Waals surface area contributed by atoms with Gasteiger partial charge in [0, 0.05) is 18.3 Å². The van der Waals surface area contributed by atoms with Gasteiger partial charge in [-0.3, -0.25) is 4.98 Å². The molecule has 0 radical (unpaired) electrons. The van der Waals surface area contributed by atoms with Gasteiger partial charge in [0.05, 0.1) is 23.0 Å². The molecule has 3 aromatic heterocycles. The zero-order valence-electron chi connectivity index (χ0n) is 16.1. The topological polar surface area (TPSA) is 68.0 Å². The summed E-state index contributed by atoms with van der Waals surface area (Å²) in [4.78, 5) is 3.83. The first-order valence-corrected chi connectivity index (χ1v) is 9.27. The monoisotopic (exact) mass is 452 g/mol. The predicted octanol–water partition coefficient (Wildman–Crippen LogP) is 4.88. The molecule has 0 bridgehead atoms. The van der Waals surface area contributed by atoms with Crippen molar-refractivity contribution < 1.29 is 26.3 Å². The Morgan fingerprint density at radius 2 is 1.66 bits per heavy atom. The van der Waals surface area contributed by atoms with Crippen molar-refractivity contribution in [2.75, 3.05) is 11.9 Å². The van der Waals surface area contributed by atoms with Crippen LogP contribution in [0.15, 0.2) is 54.9 Å². The Hall–Kier alpha value is -3.70. The highest BCUT2D eigenvalue weighted by Gasteiger charge is 2.34. The van der Waals surface area contributed by atoms with Crippen LogP contribution in [0.2, 0.25) is 0 Å². The molecule has 0 saturated heterocycles. The molecule has 1 N–H and O–H groups in total. The Labute approximate surface area is 176 Å². The van der Waals surface area contributed by atoms with Gasteiger partial charge in [-0.05, 0) is 42.3 Å². The number of halogens is 6. The second-order valence-corrected chi connectivity index (χ2v) is 6.81. The lowest BCUT2D eigenvalue weighted by molar-refractivity contribution is -0.138. The number of nitrogens with one attached hydrogen (secondary N) is 1. The van der Waals surface area contributed by atoms with E-state index >= 15 is 0 Å². The maximum atomic E-state index is 13.3. The molecule has 0 aliphatic carbocycles. The van der Waals surface area contributed by atoms with Gasteiger partial charge in [-0.15, -0.1) is 10.2 Å². The molecule has 0 aliphatic heterocycles.